The third kappa shape index (κ3) is 6.51. The van der Waals surface area contributed by atoms with Crippen molar-refractivity contribution < 1.29 is 4.79 Å². The first-order chi connectivity index (χ1) is 8.80. The molecule has 0 unspecified atom stereocenters. The Balaban J connectivity index is 0. The van der Waals surface area contributed by atoms with Crippen molar-refractivity contribution in [1.82, 2.24) is 9.88 Å². The number of aromatic nitrogens is 1. The Morgan fingerprint density at radius 3 is 2.43 bits per heavy atom. The summed E-state index contributed by atoms with van der Waals surface area (Å²) in [6.45, 7) is 9.38. The monoisotopic (exact) mass is 355 g/mol. The average molecular weight is 356 g/mol. The number of hydrogen-bond acceptors (Lipinski definition) is 4. The van der Waals surface area contributed by atoms with Crippen molar-refractivity contribution in [2.75, 3.05) is 20.1 Å². The van der Waals surface area contributed by atoms with Gasteiger partial charge in [-0.1, -0.05) is 20.8 Å². The highest BCUT2D eigenvalue weighted by Crippen LogP contribution is 2.22. The number of aryl methyl sites for hydroxylation is 2. The van der Waals surface area contributed by atoms with Gasteiger partial charge in [0.1, 0.15) is 4.88 Å². The lowest BCUT2D eigenvalue weighted by Crippen LogP contribution is -2.39. The topological polar surface area (TPSA) is 59.2 Å². The number of carbonyl (C=O) groups is 1. The van der Waals surface area contributed by atoms with Gasteiger partial charge < -0.3 is 10.6 Å². The van der Waals surface area contributed by atoms with Crippen molar-refractivity contribution in [3.8, 4) is 0 Å². The van der Waals surface area contributed by atoms with Gasteiger partial charge >= 0.3 is 0 Å². The first kappa shape index (κ1) is 22.9. The Bertz CT molecular complexity index is 449. The highest BCUT2D eigenvalue weighted by atomic mass is 35.5. The largest absolute Gasteiger partial charge is 0.340 e. The van der Waals surface area contributed by atoms with E-state index in [1.807, 2.05) is 14.0 Å². The first-order valence-electron chi connectivity index (χ1n) is 6.72. The molecule has 4 nitrogen and oxygen atoms in total. The Labute approximate surface area is 144 Å². The number of rotatable bonds is 6. The van der Waals surface area contributed by atoms with Gasteiger partial charge in [0.25, 0.3) is 5.91 Å². The summed E-state index contributed by atoms with van der Waals surface area (Å²) in [4.78, 5) is 19.4. The van der Waals surface area contributed by atoms with Gasteiger partial charge in [0.15, 0.2) is 0 Å². The Morgan fingerprint density at radius 2 is 1.95 bits per heavy atom. The number of nitrogens with two attached hydrogens (primary N) is 1. The highest BCUT2D eigenvalue weighted by Gasteiger charge is 2.24. The maximum atomic E-state index is 12.4. The summed E-state index contributed by atoms with van der Waals surface area (Å²) in [5.41, 5.74) is 6.50. The number of carbonyl (C=O) groups excluding carboxylic acids is 1. The van der Waals surface area contributed by atoms with Crippen LogP contribution in [0.2, 0.25) is 0 Å². The molecule has 0 radical (unpaired) electrons. The van der Waals surface area contributed by atoms with E-state index in [2.05, 4.69) is 25.8 Å². The summed E-state index contributed by atoms with van der Waals surface area (Å²) >= 11 is 1.52. The minimum atomic E-state index is -0.0603. The van der Waals surface area contributed by atoms with E-state index in [9.17, 15) is 4.79 Å². The molecule has 0 spiro atoms. The van der Waals surface area contributed by atoms with E-state index in [0.717, 1.165) is 28.4 Å². The summed E-state index contributed by atoms with van der Waals surface area (Å²) in [5, 5.41) is 1.05. The summed E-state index contributed by atoms with van der Waals surface area (Å²) in [7, 11) is 1.83. The number of nitrogens with zero attached hydrogens (tertiary/aromatic N) is 2. The van der Waals surface area contributed by atoms with Crippen molar-refractivity contribution in [3.63, 3.8) is 0 Å². The molecular weight excluding hydrogens is 329 g/mol. The van der Waals surface area contributed by atoms with Crippen LogP contribution in [0.4, 0.5) is 0 Å². The van der Waals surface area contributed by atoms with Gasteiger partial charge in [-0.2, -0.15) is 0 Å². The molecule has 124 valence electrons. The van der Waals surface area contributed by atoms with Gasteiger partial charge in [0, 0.05) is 13.6 Å². The standard InChI is InChI=1S/C14H25N3OS.2ClH/c1-6-7-11-16-10(2)12(19-11)13(18)17(5)9-14(3,4)8-15;;/h6-9,15H2,1-5H3;2*1H. The van der Waals surface area contributed by atoms with Crippen molar-refractivity contribution in [2.45, 2.75) is 40.5 Å². The predicted octanol–water partition coefficient (Wildman–Crippen LogP) is 3.30. The van der Waals surface area contributed by atoms with Crippen LogP contribution in [-0.4, -0.2) is 35.9 Å². The van der Waals surface area contributed by atoms with Crippen LogP contribution in [0, 0.1) is 12.3 Å². The molecule has 2 N–H and O–H groups in total. The average Bonchev–Trinajstić information content (AvgIpc) is 2.69. The third-order valence-corrected chi connectivity index (χ3v) is 4.27. The SMILES string of the molecule is CCCc1nc(C)c(C(=O)N(C)CC(C)(C)CN)s1.Cl.Cl. The normalized spacial score (nSPS) is 10.6. The maximum absolute atomic E-state index is 12.4. The zero-order chi connectivity index (χ0) is 14.6. The van der Waals surface area contributed by atoms with Crippen LogP contribution in [0.1, 0.15) is 47.6 Å². The van der Waals surface area contributed by atoms with Crippen LogP contribution in [0.25, 0.3) is 0 Å². The molecule has 0 saturated carbocycles. The minimum Gasteiger partial charge on any atom is -0.340 e. The Kier molecular flexibility index (Phi) is 10.5. The van der Waals surface area contributed by atoms with Crippen molar-refractivity contribution in [1.29, 1.82) is 0 Å². The smallest absolute Gasteiger partial charge is 0.265 e. The Morgan fingerprint density at radius 1 is 1.38 bits per heavy atom. The zero-order valence-electron chi connectivity index (χ0n) is 13.4. The maximum Gasteiger partial charge on any atom is 0.265 e. The van der Waals surface area contributed by atoms with E-state index in [-0.39, 0.29) is 36.1 Å². The molecule has 0 bridgehead atoms. The fourth-order valence-corrected chi connectivity index (χ4v) is 3.08. The van der Waals surface area contributed by atoms with Crippen molar-refractivity contribution in [2.24, 2.45) is 11.1 Å². The van der Waals surface area contributed by atoms with Crippen LogP contribution < -0.4 is 5.73 Å². The molecule has 21 heavy (non-hydrogen) atoms. The van der Waals surface area contributed by atoms with Crippen LogP contribution in [-0.2, 0) is 6.42 Å². The second kappa shape index (κ2) is 9.62. The van der Waals surface area contributed by atoms with E-state index in [0.29, 0.717) is 13.1 Å². The number of hydrogen-bond donors (Lipinski definition) is 1. The van der Waals surface area contributed by atoms with E-state index in [1.165, 1.54) is 11.3 Å². The molecule has 1 heterocycles. The first-order valence-corrected chi connectivity index (χ1v) is 7.54. The summed E-state index contributed by atoms with van der Waals surface area (Å²) in [6, 6.07) is 0. The fourth-order valence-electron chi connectivity index (χ4n) is 1.92. The van der Waals surface area contributed by atoms with Crippen molar-refractivity contribution >= 4 is 42.1 Å². The van der Waals surface area contributed by atoms with Crippen LogP contribution in [0.3, 0.4) is 0 Å². The number of amides is 1. The summed E-state index contributed by atoms with van der Waals surface area (Å²) < 4.78 is 0. The molecule has 0 saturated heterocycles. The van der Waals surface area contributed by atoms with Gasteiger partial charge in [-0.3, -0.25) is 4.79 Å². The number of halogens is 2. The van der Waals surface area contributed by atoms with Gasteiger partial charge in [0.05, 0.1) is 10.7 Å². The van der Waals surface area contributed by atoms with E-state index in [4.69, 9.17) is 5.73 Å². The van der Waals surface area contributed by atoms with E-state index < -0.39 is 0 Å². The lowest BCUT2D eigenvalue weighted by molar-refractivity contribution is 0.0744. The Hall–Kier alpha value is -0.360. The molecule has 1 amide bonds. The number of thiazole rings is 1. The minimum absolute atomic E-state index is 0. The second-order valence-corrected chi connectivity index (χ2v) is 6.89. The summed E-state index contributed by atoms with van der Waals surface area (Å²) in [5.74, 6) is 0.0545. The molecule has 1 rings (SSSR count). The van der Waals surface area contributed by atoms with Crippen LogP contribution in [0.15, 0.2) is 0 Å². The van der Waals surface area contributed by atoms with Crippen molar-refractivity contribution in [3.05, 3.63) is 15.6 Å². The molecule has 0 fully saturated rings. The van der Waals surface area contributed by atoms with Gasteiger partial charge in [-0.15, -0.1) is 36.2 Å². The second-order valence-electron chi connectivity index (χ2n) is 5.80. The molecule has 0 aliphatic heterocycles. The molecule has 0 aliphatic rings. The van der Waals surface area contributed by atoms with E-state index >= 15 is 0 Å². The molecular formula is C14H27Cl2N3OS. The molecule has 0 aliphatic carbocycles. The lowest BCUT2D eigenvalue weighted by Gasteiger charge is -2.28. The van der Waals surface area contributed by atoms with Gasteiger partial charge in [0.2, 0.25) is 0 Å². The molecule has 1 aromatic rings. The molecule has 1 aromatic heterocycles. The highest BCUT2D eigenvalue weighted by molar-refractivity contribution is 7.13. The third-order valence-electron chi connectivity index (χ3n) is 3.06. The molecule has 0 aromatic carbocycles. The lowest BCUT2D eigenvalue weighted by atomic mass is 9.93. The van der Waals surface area contributed by atoms with Gasteiger partial charge in [-0.05, 0) is 31.7 Å². The van der Waals surface area contributed by atoms with Gasteiger partial charge in [-0.25, -0.2) is 4.98 Å². The van der Waals surface area contributed by atoms with E-state index in [1.54, 1.807) is 4.90 Å². The zero-order valence-corrected chi connectivity index (χ0v) is 15.9. The predicted molar refractivity (Wildman–Crippen MR) is 95.1 cm³/mol. The summed E-state index contributed by atoms with van der Waals surface area (Å²) in [6.07, 6.45) is 1.99. The van der Waals surface area contributed by atoms with Crippen LogP contribution >= 0.6 is 36.2 Å². The van der Waals surface area contributed by atoms with Crippen LogP contribution in [0.5, 0.6) is 0 Å². The molecule has 0 atom stereocenters. The fraction of sp³-hybridized carbons (Fsp3) is 0.714. The molecule has 7 heteroatoms. The quantitative estimate of drug-likeness (QED) is 0.851.